The van der Waals surface area contributed by atoms with E-state index in [1.165, 1.54) is 19.3 Å². The number of hydrogen-bond donors (Lipinski definition) is 1. The highest BCUT2D eigenvalue weighted by molar-refractivity contribution is 4.71. The highest BCUT2D eigenvalue weighted by Crippen LogP contribution is 2.22. The van der Waals surface area contributed by atoms with Crippen LogP contribution in [0.4, 0.5) is 0 Å². The minimum Gasteiger partial charge on any atom is -0.382 e. The van der Waals surface area contributed by atoms with Gasteiger partial charge in [0.15, 0.2) is 0 Å². The summed E-state index contributed by atoms with van der Waals surface area (Å²) >= 11 is 0. The molecule has 0 heterocycles. The largest absolute Gasteiger partial charge is 0.382 e. The van der Waals surface area contributed by atoms with E-state index in [-0.39, 0.29) is 0 Å². The molecule has 0 aromatic carbocycles. The first-order chi connectivity index (χ1) is 6.89. The van der Waals surface area contributed by atoms with Gasteiger partial charge >= 0.3 is 0 Å². The lowest BCUT2D eigenvalue weighted by Crippen LogP contribution is -2.27. The molecule has 2 nitrogen and oxygen atoms in total. The van der Waals surface area contributed by atoms with Gasteiger partial charge < -0.3 is 10.1 Å². The summed E-state index contributed by atoms with van der Waals surface area (Å²) in [6, 6.07) is 0.641. The van der Waals surface area contributed by atoms with Gasteiger partial charge in [0, 0.05) is 13.2 Å². The van der Waals surface area contributed by atoms with Crippen LogP contribution in [0.15, 0.2) is 0 Å². The minimum atomic E-state index is 0.385. The Hall–Kier alpha value is -0.0800. The average molecular weight is 215 g/mol. The van der Waals surface area contributed by atoms with Crippen molar-refractivity contribution in [2.75, 3.05) is 14.2 Å². The molecule has 2 heteroatoms. The van der Waals surface area contributed by atoms with Crippen molar-refractivity contribution in [1.29, 1.82) is 0 Å². The fourth-order valence-corrected chi connectivity index (χ4v) is 1.59. The van der Waals surface area contributed by atoms with E-state index >= 15 is 0 Å². The van der Waals surface area contributed by atoms with Crippen LogP contribution in [-0.2, 0) is 4.74 Å². The lowest BCUT2D eigenvalue weighted by molar-refractivity contribution is 0.105. The second-order valence-electron chi connectivity index (χ2n) is 5.71. The van der Waals surface area contributed by atoms with E-state index in [0.717, 1.165) is 6.42 Å². The zero-order valence-corrected chi connectivity index (χ0v) is 11.4. The quantitative estimate of drug-likeness (QED) is 0.704. The molecule has 2 atom stereocenters. The van der Waals surface area contributed by atoms with Crippen LogP contribution in [0.5, 0.6) is 0 Å². The van der Waals surface area contributed by atoms with Gasteiger partial charge in [-0.2, -0.15) is 0 Å². The maximum absolute atomic E-state index is 5.26. The van der Waals surface area contributed by atoms with Crippen molar-refractivity contribution in [3.05, 3.63) is 0 Å². The van der Waals surface area contributed by atoms with Crippen LogP contribution in [0.25, 0.3) is 0 Å². The third kappa shape index (κ3) is 8.88. The minimum absolute atomic E-state index is 0.385. The summed E-state index contributed by atoms with van der Waals surface area (Å²) in [6.07, 6.45) is 5.28. The molecule has 0 rings (SSSR count). The van der Waals surface area contributed by atoms with Gasteiger partial charge in [-0.05, 0) is 45.1 Å². The molecule has 92 valence electrons. The standard InChI is InChI=1S/C13H29NO/c1-11(15-6)7-8-12(14-5)9-10-13(2,3)4/h11-12,14H,7-10H2,1-6H3. The Morgan fingerprint density at radius 3 is 2.13 bits per heavy atom. The van der Waals surface area contributed by atoms with E-state index < -0.39 is 0 Å². The summed E-state index contributed by atoms with van der Waals surface area (Å²) in [5, 5.41) is 3.40. The molecule has 0 fully saturated rings. The van der Waals surface area contributed by atoms with Gasteiger partial charge in [0.25, 0.3) is 0 Å². The maximum Gasteiger partial charge on any atom is 0.0543 e. The second-order valence-corrected chi connectivity index (χ2v) is 5.71. The van der Waals surface area contributed by atoms with E-state index in [4.69, 9.17) is 4.74 Å². The molecule has 0 amide bonds. The third-order valence-electron chi connectivity index (χ3n) is 2.98. The normalized spacial score (nSPS) is 16.4. The Morgan fingerprint density at radius 2 is 1.73 bits per heavy atom. The van der Waals surface area contributed by atoms with E-state index in [9.17, 15) is 0 Å². The summed E-state index contributed by atoms with van der Waals surface area (Å²) in [5.74, 6) is 0. The fourth-order valence-electron chi connectivity index (χ4n) is 1.59. The van der Waals surface area contributed by atoms with Crippen LogP contribution in [-0.4, -0.2) is 26.3 Å². The van der Waals surface area contributed by atoms with Crippen molar-refractivity contribution in [3.8, 4) is 0 Å². The molecular weight excluding hydrogens is 186 g/mol. The van der Waals surface area contributed by atoms with E-state index in [1.807, 2.05) is 0 Å². The van der Waals surface area contributed by atoms with Crippen LogP contribution in [0.2, 0.25) is 0 Å². The first-order valence-electron chi connectivity index (χ1n) is 6.09. The van der Waals surface area contributed by atoms with Crippen molar-refractivity contribution in [2.24, 2.45) is 5.41 Å². The first kappa shape index (κ1) is 14.9. The van der Waals surface area contributed by atoms with Crippen LogP contribution in [0, 0.1) is 5.41 Å². The molecule has 2 unspecified atom stereocenters. The molecule has 0 bridgehead atoms. The van der Waals surface area contributed by atoms with Gasteiger partial charge in [0.05, 0.1) is 6.10 Å². The van der Waals surface area contributed by atoms with Crippen LogP contribution in [0.3, 0.4) is 0 Å². The lowest BCUT2D eigenvalue weighted by Gasteiger charge is -2.23. The van der Waals surface area contributed by atoms with Gasteiger partial charge in [0.1, 0.15) is 0 Å². The average Bonchev–Trinajstić information content (AvgIpc) is 2.16. The van der Waals surface area contributed by atoms with Crippen molar-refractivity contribution in [1.82, 2.24) is 5.32 Å². The molecule has 0 saturated carbocycles. The van der Waals surface area contributed by atoms with Crippen LogP contribution >= 0.6 is 0 Å². The fraction of sp³-hybridized carbons (Fsp3) is 1.00. The molecule has 0 aliphatic carbocycles. The van der Waals surface area contributed by atoms with E-state index in [0.29, 0.717) is 17.6 Å². The number of rotatable bonds is 7. The van der Waals surface area contributed by atoms with Gasteiger partial charge in [-0.15, -0.1) is 0 Å². The lowest BCUT2D eigenvalue weighted by atomic mass is 9.87. The molecule has 0 aromatic heterocycles. The van der Waals surface area contributed by atoms with Crippen LogP contribution in [0.1, 0.15) is 53.4 Å². The van der Waals surface area contributed by atoms with Crippen molar-refractivity contribution < 1.29 is 4.74 Å². The van der Waals surface area contributed by atoms with Crippen LogP contribution < -0.4 is 5.32 Å². The summed E-state index contributed by atoms with van der Waals surface area (Å²) in [4.78, 5) is 0. The summed E-state index contributed by atoms with van der Waals surface area (Å²) < 4.78 is 5.26. The first-order valence-corrected chi connectivity index (χ1v) is 6.09. The third-order valence-corrected chi connectivity index (χ3v) is 2.98. The summed E-state index contributed by atoms with van der Waals surface area (Å²) in [6.45, 7) is 9.04. The summed E-state index contributed by atoms with van der Waals surface area (Å²) in [7, 11) is 3.85. The molecule has 1 N–H and O–H groups in total. The molecule has 0 saturated heterocycles. The molecule has 0 aliphatic heterocycles. The maximum atomic E-state index is 5.26. The van der Waals surface area contributed by atoms with E-state index in [1.54, 1.807) is 7.11 Å². The zero-order valence-electron chi connectivity index (χ0n) is 11.4. The van der Waals surface area contributed by atoms with Gasteiger partial charge in [0.2, 0.25) is 0 Å². The Kier molecular flexibility index (Phi) is 7.20. The van der Waals surface area contributed by atoms with E-state index in [2.05, 4.69) is 40.1 Å². The monoisotopic (exact) mass is 215 g/mol. The molecule has 0 aromatic rings. The highest BCUT2D eigenvalue weighted by atomic mass is 16.5. The highest BCUT2D eigenvalue weighted by Gasteiger charge is 2.14. The number of methoxy groups -OCH3 is 1. The predicted octanol–water partition coefficient (Wildman–Crippen LogP) is 3.22. The molecule has 0 radical (unpaired) electrons. The van der Waals surface area contributed by atoms with Crippen molar-refractivity contribution in [2.45, 2.75) is 65.5 Å². The molecular formula is C13H29NO. The SMILES string of the molecule is CNC(CCC(C)OC)CCC(C)(C)C. The number of ether oxygens (including phenoxy) is 1. The molecule has 15 heavy (non-hydrogen) atoms. The number of hydrogen-bond acceptors (Lipinski definition) is 2. The Balaban J connectivity index is 3.73. The zero-order chi connectivity index (χ0) is 11.9. The van der Waals surface area contributed by atoms with Crippen molar-refractivity contribution >= 4 is 0 Å². The smallest absolute Gasteiger partial charge is 0.0543 e. The molecule has 0 spiro atoms. The van der Waals surface area contributed by atoms with Gasteiger partial charge in [-0.25, -0.2) is 0 Å². The number of nitrogens with one attached hydrogen (secondary N) is 1. The van der Waals surface area contributed by atoms with Gasteiger partial charge in [-0.1, -0.05) is 20.8 Å². The topological polar surface area (TPSA) is 21.3 Å². The Morgan fingerprint density at radius 1 is 1.13 bits per heavy atom. The predicted molar refractivity (Wildman–Crippen MR) is 67.2 cm³/mol. The molecule has 0 aliphatic rings. The Bertz CT molecular complexity index is 151. The van der Waals surface area contributed by atoms with Gasteiger partial charge in [-0.3, -0.25) is 0 Å². The summed E-state index contributed by atoms with van der Waals surface area (Å²) in [5.41, 5.74) is 0.446. The Labute approximate surface area is 95.8 Å². The second kappa shape index (κ2) is 7.24. The van der Waals surface area contributed by atoms with Crippen molar-refractivity contribution in [3.63, 3.8) is 0 Å².